The van der Waals surface area contributed by atoms with E-state index in [4.69, 9.17) is 9.47 Å². The predicted octanol–water partition coefficient (Wildman–Crippen LogP) is 2.84. The Morgan fingerprint density at radius 3 is 2.48 bits per heavy atom. The van der Waals surface area contributed by atoms with E-state index in [1.807, 2.05) is 27.0 Å². The van der Waals surface area contributed by atoms with Crippen molar-refractivity contribution in [3.05, 3.63) is 29.6 Å². The van der Waals surface area contributed by atoms with Crippen molar-refractivity contribution >= 4 is 22.6 Å². The zero-order valence-electron chi connectivity index (χ0n) is 19.1. The SMILES string of the molecule is CCOc1ccc(CCNC(=NC)N2CCN(c3nc(CC)ns3)CC2)cc1OCC. The molecule has 31 heavy (non-hydrogen) atoms. The van der Waals surface area contributed by atoms with E-state index < -0.39 is 0 Å². The third kappa shape index (κ3) is 6.22. The molecule has 0 aliphatic carbocycles. The van der Waals surface area contributed by atoms with Crippen molar-refractivity contribution < 1.29 is 9.47 Å². The van der Waals surface area contributed by atoms with Crippen LogP contribution in [0.5, 0.6) is 11.5 Å². The number of hydrogen-bond acceptors (Lipinski definition) is 7. The molecule has 1 aromatic carbocycles. The first-order chi connectivity index (χ1) is 15.2. The highest BCUT2D eigenvalue weighted by Crippen LogP contribution is 2.28. The van der Waals surface area contributed by atoms with Crippen LogP contribution >= 0.6 is 11.5 Å². The Kier molecular flexibility index (Phi) is 8.75. The minimum atomic E-state index is 0.622. The lowest BCUT2D eigenvalue weighted by Gasteiger charge is -2.36. The zero-order chi connectivity index (χ0) is 22.1. The highest BCUT2D eigenvalue weighted by Gasteiger charge is 2.22. The number of rotatable bonds is 9. The van der Waals surface area contributed by atoms with E-state index in [2.05, 4.69) is 48.5 Å². The number of guanidine groups is 1. The van der Waals surface area contributed by atoms with Crippen LogP contribution in [0.2, 0.25) is 0 Å². The summed E-state index contributed by atoms with van der Waals surface area (Å²) in [4.78, 5) is 13.7. The molecule has 0 atom stereocenters. The highest BCUT2D eigenvalue weighted by molar-refractivity contribution is 7.09. The van der Waals surface area contributed by atoms with E-state index in [1.165, 1.54) is 17.1 Å². The van der Waals surface area contributed by atoms with Gasteiger partial charge in [0.15, 0.2) is 17.5 Å². The molecule has 170 valence electrons. The van der Waals surface area contributed by atoms with Crippen LogP contribution in [-0.2, 0) is 12.8 Å². The number of hydrogen-bond donors (Lipinski definition) is 1. The quantitative estimate of drug-likeness (QED) is 0.469. The Labute approximate surface area is 189 Å². The van der Waals surface area contributed by atoms with Gasteiger partial charge in [-0.05, 0) is 38.0 Å². The molecule has 0 radical (unpaired) electrons. The van der Waals surface area contributed by atoms with Crippen LogP contribution in [0.3, 0.4) is 0 Å². The van der Waals surface area contributed by atoms with Gasteiger partial charge in [0.2, 0.25) is 5.13 Å². The maximum atomic E-state index is 5.74. The summed E-state index contributed by atoms with van der Waals surface area (Å²) < 4.78 is 15.8. The summed E-state index contributed by atoms with van der Waals surface area (Å²) in [6.07, 6.45) is 1.77. The molecule has 1 aliphatic heterocycles. The summed E-state index contributed by atoms with van der Waals surface area (Å²) in [5.41, 5.74) is 1.21. The molecule has 1 saturated heterocycles. The molecule has 9 heteroatoms. The second-order valence-corrected chi connectivity index (χ2v) is 7.92. The summed E-state index contributed by atoms with van der Waals surface area (Å²) in [6.45, 7) is 11.8. The maximum Gasteiger partial charge on any atom is 0.205 e. The number of nitrogens with zero attached hydrogens (tertiary/aromatic N) is 5. The van der Waals surface area contributed by atoms with E-state index in [0.717, 1.165) is 74.0 Å². The fourth-order valence-corrected chi connectivity index (χ4v) is 4.33. The third-order valence-electron chi connectivity index (χ3n) is 5.14. The Hall–Kier alpha value is -2.55. The van der Waals surface area contributed by atoms with Gasteiger partial charge in [-0.1, -0.05) is 13.0 Å². The molecule has 1 fully saturated rings. The van der Waals surface area contributed by atoms with Crippen LogP contribution < -0.4 is 19.7 Å². The zero-order valence-corrected chi connectivity index (χ0v) is 19.9. The molecule has 2 heterocycles. The summed E-state index contributed by atoms with van der Waals surface area (Å²) in [5, 5.41) is 4.53. The van der Waals surface area contributed by atoms with Crippen LogP contribution in [0.25, 0.3) is 0 Å². The molecule has 1 aromatic heterocycles. The largest absolute Gasteiger partial charge is 0.490 e. The Balaban J connectivity index is 1.49. The van der Waals surface area contributed by atoms with Crippen molar-refractivity contribution in [2.24, 2.45) is 4.99 Å². The van der Waals surface area contributed by atoms with E-state index in [0.29, 0.717) is 13.2 Å². The summed E-state index contributed by atoms with van der Waals surface area (Å²) in [6, 6.07) is 6.17. The summed E-state index contributed by atoms with van der Waals surface area (Å²) in [5.74, 6) is 3.49. The standard InChI is InChI=1S/C22H34N6O2S/c1-5-20-25-22(31-26-20)28-14-12-27(13-15-28)21(23-4)24-11-10-17-8-9-18(29-6-2)19(16-17)30-7-3/h8-9,16H,5-7,10-15H2,1-4H3,(H,23,24). The monoisotopic (exact) mass is 446 g/mol. The lowest BCUT2D eigenvalue weighted by atomic mass is 10.1. The van der Waals surface area contributed by atoms with E-state index in [1.54, 1.807) is 0 Å². The topological polar surface area (TPSA) is 75.1 Å². The molecule has 1 aliphatic rings. The molecule has 0 unspecified atom stereocenters. The fourth-order valence-electron chi connectivity index (χ4n) is 3.53. The van der Waals surface area contributed by atoms with Crippen molar-refractivity contribution in [2.45, 2.75) is 33.6 Å². The van der Waals surface area contributed by atoms with Crippen LogP contribution in [0, 0.1) is 0 Å². The van der Waals surface area contributed by atoms with Gasteiger partial charge in [0, 0.05) is 57.7 Å². The molecule has 2 aromatic rings. The van der Waals surface area contributed by atoms with E-state index in [-0.39, 0.29) is 0 Å². The number of anilines is 1. The second-order valence-electron chi connectivity index (χ2n) is 7.19. The minimum absolute atomic E-state index is 0.622. The average molecular weight is 447 g/mol. The van der Waals surface area contributed by atoms with Gasteiger partial charge < -0.3 is 24.6 Å². The fraction of sp³-hybridized carbons (Fsp3) is 0.591. The normalized spacial score (nSPS) is 14.6. The van der Waals surface area contributed by atoms with Crippen LogP contribution in [0.1, 0.15) is 32.2 Å². The third-order valence-corrected chi connectivity index (χ3v) is 5.95. The number of aliphatic imine (C=N–C) groups is 1. The molecule has 0 bridgehead atoms. The van der Waals surface area contributed by atoms with Crippen molar-refractivity contribution in [1.82, 2.24) is 19.6 Å². The van der Waals surface area contributed by atoms with Crippen LogP contribution in [-0.4, -0.2) is 73.2 Å². The molecular weight excluding hydrogens is 412 g/mol. The van der Waals surface area contributed by atoms with Crippen LogP contribution in [0.15, 0.2) is 23.2 Å². The molecule has 8 nitrogen and oxygen atoms in total. The maximum absolute atomic E-state index is 5.74. The molecule has 0 spiro atoms. The van der Waals surface area contributed by atoms with Crippen molar-refractivity contribution in [2.75, 3.05) is 57.9 Å². The van der Waals surface area contributed by atoms with Gasteiger partial charge in [0.05, 0.1) is 13.2 Å². The first kappa shape index (κ1) is 23.1. The number of aryl methyl sites for hydroxylation is 1. The number of nitrogens with one attached hydrogen (secondary N) is 1. The number of benzene rings is 1. The molecular formula is C22H34N6O2S. The molecule has 0 amide bonds. The molecule has 0 saturated carbocycles. The van der Waals surface area contributed by atoms with Gasteiger partial charge in [-0.3, -0.25) is 4.99 Å². The molecule has 1 N–H and O–H groups in total. The summed E-state index contributed by atoms with van der Waals surface area (Å²) >= 11 is 1.50. The summed E-state index contributed by atoms with van der Waals surface area (Å²) in [7, 11) is 1.84. The second kappa shape index (κ2) is 11.7. The van der Waals surface area contributed by atoms with Gasteiger partial charge in [-0.2, -0.15) is 4.37 Å². The van der Waals surface area contributed by atoms with Gasteiger partial charge >= 0.3 is 0 Å². The Morgan fingerprint density at radius 2 is 1.84 bits per heavy atom. The number of aromatic nitrogens is 2. The highest BCUT2D eigenvalue weighted by atomic mass is 32.1. The first-order valence-corrected chi connectivity index (χ1v) is 11.9. The smallest absolute Gasteiger partial charge is 0.205 e. The van der Waals surface area contributed by atoms with Gasteiger partial charge in [-0.25, -0.2) is 4.98 Å². The van der Waals surface area contributed by atoms with Crippen molar-refractivity contribution in [3.63, 3.8) is 0 Å². The lowest BCUT2D eigenvalue weighted by Crippen LogP contribution is -2.52. The van der Waals surface area contributed by atoms with Gasteiger partial charge in [0.25, 0.3) is 0 Å². The van der Waals surface area contributed by atoms with Crippen LogP contribution in [0.4, 0.5) is 5.13 Å². The number of ether oxygens (including phenoxy) is 2. The predicted molar refractivity (Wildman–Crippen MR) is 127 cm³/mol. The van der Waals surface area contributed by atoms with Gasteiger partial charge in [0.1, 0.15) is 5.82 Å². The molecule has 3 rings (SSSR count). The lowest BCUT2D eigenvalue weighted by molar-refractivity contribution is 0.287. The van der Waals surface area contributed by atoms with Gasteiger partial charge in [-0.15, -0.1) is 0 Å². The Morgan fingerprint density at radius 1 is 1.10 bits per heavy atom. The number of piperazine rings is 1. The average Bonchev–Trinajstić information content (AvgIpc) is 3.28. The van der Waals surface area contributed by atoms with E-state index >= 15 is 0 Å². The van der Waals surface area contributed by atoms with Crippen molar-refractivity contribution in [3.8, 4) is 11.5 Å². The van der Waals surface area contributed by atoms with E-state index in [9.17, 15) is 0 Å². The first-order valence-electron chi connectivity index (χ1n) is 11.1. The van der Waals surface area contributed by atoms with Crippen molar-refractivity contribution in [1.29, 1.82) is 0 Å². The minimum Gasteiger partial charge on any atom is -0.490 e. The Bertz CT molecular complexity index is 848.